The molecule has 0 spiro atoms. The van der Waals surface area contributed by atoms with E-state index in [1.165, 1.54) is 4.90 Å². The van der Waals surface area contributed by atoms with Crippen LogP contribution in [0.4, 0.5) is 18.9 Å². The fourth-order valence-electron chi connectivity index (χ4n) is 2.84. The molecule has 0 amide bonds. The normalized spacial score (nSPS) is 20.3. The number of rotatable bonds is 4. The monoisotopic (exact) mass is 301 g/mol. The molecule has 0 aromatic heterocycles. The predicted octanol–water partition coefficient (Wildman–Crippen LogP) is 2.48. The van der Waals surface area contributed by atoms with E-state index >= 15 is 0 Å². The van der Waals surface area contributed by atoms with Gasteiger partial charge in [0.25, 0.3) is 0 Å². The SMILES string of the molecule is CCC(N)C(N1CCN(c2ccccc2)CC1)C(F)(F)F. The molecule has 0 aliphatic carbocycles. The average Bonchev–Trinajstić information content (AvgIpc) is 2.47. The summed E-state index contributed by atoms with van der Waals surface area (Å²) in [5, 5.41) is 0. The van der Waals surface area contributed by atoms with Crippen molar-refractivity contribution in [3.63, 3.8) is 0 Å². The van der Waals surface area contributed by atoms with Crippen LogP contribution in [0, 0.1) is 0 Å². The third kappa shape index (κ3) is 3.89. The molecule has 118 valence electrons. The predicted molar refractivity (Wildman–Crippen MR) is 78.3 cm³/mol. The van der Waals surface area contributed by atoms with Crippen LogP contribution in [-0.2, 0) is 0 Å². The first-order chi connectivity index (χ1) is 9.93. The van der Waals surface area contributed by atoms with Gasteiger partial charge in [0.2, 0.25) is 0 Å². The van der Waals surface area contributed by atoms with Gasteiger partial charge < -0.3 is 10.6 Å². The second kappa shape index (κ2) is 6.66. The highest BCUT2D eigenvalue weighted by atomic mass is 19.4. The van der Waals surface area contributed by atoms with Gasteiger partial charge in [-0.2, -0.15) is 13.2 Å². The largest absolute Gasteiger partial charge is 0.405 e. The minimum absolute atomic E-state index is 0.322. The molecule has 0 radical (unpaired) electrons. The first kappa shape index (κ1) is 16.1. The molecule has 1 aliphatic rings. The first-order valence-corrected chi connectivity index (χ1v) is 7.30. The molecule has 21 heavy (non-hydrogen) atoms. The molecule has 1 heterocycles. The molecule has 1 saturated heterocycles. The van der Waals surface area contributed by atoms with E-state index < -0.39 is 18.3 Å². The molecule has 1 aromatic carbocycles. The summed E-state index contributed by atoms with van der Waals surface area (Å²) in [6.07, 6.45) is -3.95. The Kier molecular flexibility index (Phi) is 5.11. The van der Waals surface area contributed by atoms with Gasteiger partial charge in [0.15, 0.2) is 0 Å². The Bertz CT molecular complexity index is 428. The van der Waals surface area contributed by atoms with Crippen molar-refractivity contribution in [2.75, 3.05) is 31.1 Å². The molecule has 0 bridgehead atoms. The van der Waals surface area contributed by atoms with Gasteiger partial charge in [0.05, 0.1) is 0 Å². The quantitative estimate of drug-likeness (QED) is 0.927. The van der Waals surface area contributed by atoms with Crippen LogP contribution in [0.25, 0.3) is 0 Å². The van der Waals surface area contributed by atoms with Crippen molar-refractivity contribution in [2.45, 2.75) is 31.6 Å². The van der Waals surface area contributed by atoms with Gasteiger partial charge in [-0.15, -0.1) is 0 Å². The smallest absolute Gasteiger partial charge is 0.369 e. The van der Waals surface area contributed by atoms with Crippen molar-refractivity contribution in [3.8, 4) is 0 Å². The fraction of sp³-hybridized carbons (Fsp3) is 0.600. The van der Waals surface area contributed by atoms with Crippen LogP contribution in [0.5, 0.6) is 0 Å². The Morgan fingerprint density at radius 1 is 1.10 bits per heavy atom. The maximum Gasteiger partial charge on any atom is 0.405 e. The summed E-state index contributed by atoms with van der Waals surface area (Å²) >= 11 is 0. The summed E-state index contributed by atoms with van der Waals surface area (Å²) in [5.41, 5.74) is 6.76. The Morgan fingerprint density at radius 3 is 2.14 bits per heavy atom. The summed E-state index contributed by atoms with van der Waals surface area (Å²) < 4.78 is 39.7. The number of nitrogens with zero attached hydrogens (tertiary/aromatic N) is 2. The van der Waals surface area contributed by atoms with Gasteiger partial charge in [0.1, 0.15) is 6.04 Å². The van der Waals surface area contributed by atoms with E-state index in [1.807, 2.05) is 30.3 Å². The number of hydrogen-bond donors (Lipinski definition) is 1. The lowest BCUT2D eigenvalue weighted by atomic mass is 10.0. The van der Waals surface area contributed by atoms with Gasteiger partial charge in [0, 0.05) is 37.9 Å². The molecule has 2 atom stereocenters. The molecule has 6 heteroatoms. The van der Waals surface area contributed by atoms with Crippen molar-refractivity contribution in [3.05, 3.63) is 30.3 Å². The third-order valence-corrected chi connectivity index (χ3v) is 4.04. The third-order valence-electron chi connectivity index (χ3n) is 4.04. The Balaban J connectivity index is 2.02. The van der Waals surface area contributed by atoms with Gasteiger partial charge in [-0.3, -0.25) is 4.90 Å². The van der Waals surface area contributed by atoms with Gasteiger partial charge in [-0.25, -0.2) is 0 Å². The highest BCUT2D eigenvalue weighted by Crippen LogP contribution is 2.29. The number of anilines is 1. The van der Waals surface area contributed by atoms with E-state index in [0.717, 1.165) is 5.69 Å². The van der Waals surface area contributed by atoms with Crippen molar-refractivity contribution in [1.82, 2.24) is 4.90 Å². The zero-order chi connectivity index (χ0) is 15.5. The zero-order valence-electron chi connectivity index (χ0n) is 12.2. The highest BCUT2D eigenvalue weighted by molar-refractivity contribution is 5.46. The molecule has 1 aromatic rings. The summed E-state index contributed by atoms with van der Waals surface area (Å²) in [4.78, 5) is 3.59. The van der Waals surface area contributed by atoms with Gasteiger partial charge in [-0.1, -0.05) is 25.1 Å². The van der Waals surface area contributed by atoms with E-state index in [2.05, 4.69) is 4.90 Å². The van der Waals surface area contributed by atoms with E-state index in [-0.39, 0.29) is 0 Å². The molecule has 3 nitrogen and oxygen atoms in total. The Labute approximate surface area is 123 Å². The van der Waals surface area contributed by atoms with E-state index in [9.17, 15) is 13.2 Å². The topological polar surface area (TPSA) is 32.5 Å². The van der Waals surface area contributed by atoms with Crippen LogP contribution in [0.2, 0.25) is 0 Å². The number of halogens is 3. The molecule has 1 fully saturated rings. The maximum absolute atomic E-state index is 13.2. The summed E-state index contributed by atoms with van der Waals surface area (Å²) in [7, 11) is 0. The maximum atomic E-state index is 13.2. The highest BCUT2D eigenvalue weighted by Gasteiger charge is 2.47. The number of piperazine rings is 1. The number of benzene rings is 1. The number of para-hydroxylation sites is 1. The lowest BCUT2D eigenvalue weighted by Gasteiger charge is -2.42. The van der Waals surface area contributed by atoms with E-state index in [4.69, 9.17) is 5.73 Å². The first-order valence-electron chi connectivity index (χ1n) is 7.30. The molecular formula is C15H22F3N3. The molecule has 2 rings (SSSR count). The van der Waals surface area contributed by atoms with Crippen LogP contribution in [-0.4, -0.2) is 49.3 Å². The van der Waals surface area contributed by atoms with Crippen molar-refractivity contribution in [2.24, 2.45) is 5.73 Å². The average molecular weight is 301 g/mol. The van der Waals surface area contributed by atoms with Gasteiger partial charge in [-0.05, 0) is 18.6 Å². The number of nitrogens with two attached hydrogens (primary N) is 1. The van der Waals surface area contributed by atoms with Crippen molar-refractivity contribution in [1.29, 1.82) is 0 Å². The lowest BCUT2D eigenvalue weighted by Crippen LogP contribution is -2.60. The van der Waals surface area contributed by atoms with Crippen LogP contribution in [0.1, 0.15) is 13.3 Å². The van der Waals surface area contributed by atoms with Crippen molar-refractivity contribution < 1.29 is 13.2 Å². The van der Waals surface area contributed by atoms with Crippen LogP contribution < -0.4 is 10.6 Å². The van der Waals surface area contributed by atoms with Crippen molar-refractivity contribution >= 4 is 5.69 Å². The van der Waals surface area contributed by atoms with Crippen LogP contribution in [0.15, 0.2) is 30.3 Å². The molecule has 2 N–H and O–H groups in total. The Morgan fingerprint density at radius 2 is 1.67 bits per heavy atom. The minimum atomic E-state index is -4.27. The molecule has 1 aliphatic heterocycles. The summed E-state index contributed by atoms with van der Waals surface area (Å²) in [6, 6.07) is 7.36. The van der Waals surface area contributed by atoms with E-state index in [1.54, 1.807) is 6.92 Å². The Hall–Kier alpha value is -1.27. The summed E-state index contributed by atoms with van der Waals surface area (Å²) in [6.45, 7) is 3.64. The number of alkyl halides is 3. The second-order valence-corrected chi connectivity index (χ2v) is 5.42. The van der Waals surface area contributed by atoms with E-state index in [0.29, 0.717) is 32.6 Å². The second-order valence-electron chi connectivity index (χ2n) is 5.42. The van der Waals surface area contributed by atoms with Gasteiger partial charge >= 0.3 is 6.18 Å². The molecule has 2 unspecified atom stereocenters. The summed E-state index contributed by atoms with van der Waals surface area (Å²) in [5.74, 6) is 0. The molecular weight excluding hydrogens is 279 g/mol. The standard InChI is InChI=1S/C15H22F3N3/c1-2-13(19)14(15(16,17)18)21-10-8-20(9-11-21)12-6-4-3-5-7-12/h3-7,13-14H,2,8-11,19H2,1H3. The molecule has 0 saturated carbocycles. The van der Waals surface area contributed by atoms with Crippen LogP contribution >= 0.6 is 0 Å². The van der Waals surface area contributed by atoms with Crippen LogP contribution in [0.3, 0.4) is 0 Å². The minimum Gasteiger partial charge on any atom is -0.369 e. The zero-order valence-corrected chi connectivity index (χ0v) is 12.2. The fourth-order valence-corrected chi connectivity index (χ4v) is 2.84. The number of hydrogen-bond acceptors (Lipinski definition) is 3. The lowest BCUT2D eigenvalue weighted by molar-refractivity contribution is -0.190.